The minimum absolute atomic E-state index is 0.180. The minimum atomic E-state index is -0.180. The van der Waals surface area contributed by atoms with Crippen LogP contribution >= 0.6 is 11.3 Å². The number of thiophene rings is 1. The van der Waals surface area contributed by atoms with Crippen molar-refractivity contribution < 1.29 is 4.79 Å². The maximum atomic E-state index is 12.8. The molecule has 4 aromatic rings. The molecule has 5 heteroatoms. The standard InChI is InChI=1S/C21H17N3OS/c22-18-16-11-14-6-3-7-17(14)24-21(16)26-19(18)20(25)23-15-9-8-12-4-1-2-5-13(12)10-15/h1-2,4-5,8-11H,3,6-7,22H2,(H,23,25). The second-order valence-corrected chi connectivity index (χ2v) is 7.66. The first-order valence-electron chi connectivity index (χ1n) is 8.70. The molecule has 0 radical (unpaired) electrons. The van der Waals surface area contributed by atoms with Gasteiger partial charge >= 0.3 is 0 Å². The molecule has 1 aliphatic carbocycles. The molecule has 128 valence electrons. The van der Waals surface area contributed by atoms with E-state index in [4.69, 9.17) is 10.7 Å². The van der Waals surface area contributed by atoms with Crippen molar-refractivity contribution >= 4 is 49.6 Å². The van der Waals surface area contributed by atoms with E-state index in [9.17, 15) is 4.79 Å². The number of nitrogens with zero attached hydrogens (tertiary/aromatic N) is 1. The molecule has 2 aromatic heterocycles. The van der Waals surface area contributed by atoms with E-state index >= 15 is 0 Å². The largest absolute Gasteiger partial charge is 0.397 e. The number of anilines is 2. The van der Waals surface area contributed by atoms with Crippen molar-refractivity contribution in [1.82, 2.24) is 4.98 Å². The molecule has 1 aliphatic rings. The maximum absolute atomic E-state index is 12.8. The van der Waals surface area contributed by atoms with Crippen LogP contribution < -0.4 is 11.1 Å². The van der Waals surface area contributed by atoms with Crippen LogP contribution in [0, 0.1) is 0 Å². The van der Waals surface area contributed by atoms with E-state index in [1.807, 2.05) is 36.4 Å². The topological polar surface area (TPSA) is 68.0 Å². The van der Waals surface area contributed by atoms with Crippen LogP contribution in [0.25, 0.3) is 21.0 Å². The zero-order chi connectivity index (χ0) is 17.7. The highest BCUT2D eigenvalue weighted by atomic mass is 32.1. The smallest absolute Gasteiger partial charge is 0.267 e. The summed E-state index contributed by atoms with van der Waals surface area (Å²) in [4.78, 5) is 18.9. The molecule has 4 nitrogen and oxygen atoms in total. The number of nitrogens with one attached hydrogen (secondary N) is 1. The van der Waals surface area contributed by atoms with Crippen molar-refractivity contribution in [2.24, 2.45) is 0 Å². The fraction of sp³-hybridized carbons (Fsp3) is 0.143. The summed E-state index contributed by atoms with van der Waals surface area (Å²) in [6.45, 7) is 0. The van der Waals surface area contributed by atoms with Gasteiger partial charge in [0, 0.05) is 16.8 Å². The molecule has 0 unspecified atom stereocenters. The Bertz CT molecular complexity index is 1180. The van der Waals surface area contributed by atoms with Crippen LogP contribution in [0.3, 0.4) is 0 Å². The number of carbonyl (C=O) groups is 1. The van der Waals surface area contributed by atoms with E-state index in [1.165, 1.54) is 16.9 Å². The molecular weight excluding hydrogens is 342 g/mol. The quantitative estimate of drug-likeness (QED) is 0.541. The van der Waals surface area contributed by atoms with Gasteiger partial charge in [-0.15, -0.1) is 11.3 Å². The molecular formula is C21H17N3OS. The molecule has 2 aromatic carbocycles. The molecule has 26 heavy (non-hydrogen) atoms. The van der Waals surface area contributed by atoms with Crippen LogP contribution in [0.15, 0.2) is 48.5 Å². The Labute approximate surface area is 154 Å². The first-order chi connectivity index (χ1) is 12.7. The molecule has 0 spiro atoms. The number of carbonyl (C=O) groups excluding carboxylic acids is 1. The highest BCUT2D eigenvalue weighted by Gasteiger charge is 2.21. The summed E-state index contributed by atoms with van der Waals surface area (Å²) in [6.07, 6.45) is 3.21. The van der Waals surface area contributed by atoms with Gasteiger partial charge in [0.2, 0.25) is 0 Å². The fourth-order valence-corrected chi connectivity index (χ4v) is 4.61. The van der Waals surface area contributed by atoms with Crippen LogP contribution in [-0.2, 0) is 12.8 Å². The Hall–Kier alpha value is -2.92. The maximum Gasteiger partial charge on any atom is 0.267 e. The van der Waals surface area contributed by atoms with Crippen LogP contribution in [0.2, 0.25) is 0 Å². The van der Waals surface area contributed by atoms with Crippen molar-refractivity contribution in [1.29, 1.82) is 0 Å². The first-order valence-corrected chi connectivity index (χ1v) is 9.51. The average molecular weight is 359 g/mol. The number of nitrogen functional groups attached to an aromatic ring is 1. The third-order valence-corrected chi connectivity index (χ3v) is 6.08. The molecule has 1 amide bonds. The number of fused-ring (bicyclic) bond motifs is 3. The number of rotatable bonds is 2. The van der Waals surface area contributed by atoms with Gasteiger partial charge in [0.25, 0.3) is 5.91 Å². The van der Waals surface area contributed by atoms with Gasteiger partial charge in [-0.2, -0.15) is 0 Å². The molecule has 0 saturated carbocycles. The van der Waals surface area contributed by atoms with Crippen molar-refractivity contribution in [3.05, 3.63) is 64.7 Å². The lowest BCUT2D eigenvalue weighted by Crippen LogP contribution is -2.11. The second kappa shape index (κ2) is 5.81. The third kappa shape index (κ3) is 2.44. The lowest BCUT2D eigenvalue weighted by Gasteiger charge is -2.06. The number of hydrogen-bond donors (Lipinski definition) is 2. The van der Waals surface area contributed by atoms with E-state index in [0.717, 1.165) is 51.6 Å². The normalized spacial score (nSPS) is 13.2. The molecule has 3 N–H and O–H groups in total. The number of hydrogen-bond acceptors (Lipinski definition) is 4. The Morgan fingerprint density at radius 1 is 1.08 bits per heavy atom. The third-order valence-electron chi connectivity index (χ3n) is 4.96. The number of aromatic nitrogens is 1. The minimum Gasteiger partial charge on any atom is -0.397 e. The Balaban J connectivity index is 1.50. The van der Waals surface area contributed by atoms with Gasteiger partial charge in [0.05, 0.1) is 5.69 Å². The summed E-state index contributed by atoms with van der Waals surface area (Å²) in [5.41, 5.74) is 10.0. The predicted octanol–water partition coefficient (Wildman–Crippen LogP) is 4.77. The van der Waals surface area contributed by atoms with Crippen molar-refractivity contribution in [3.63, 3.8) is 0 Å². The Kier molecular flexibility index (Phi) is 3.43. The summed E-state index contributed by atoms with van der Waals surface area (Å²) < 4.78 is 0. The summed E-state index contributed by atoms with van der Waals surface area (Å²) in [6, 6.07) is 16.1. The molecule has 5 rings (SSSR count). The highest BCUT2D eigenvalue weighted by molar-refractivity contribution is 7.21. The molecule has 0 aliphatic heterocycles. The van der Waals surface area contributed by atoms with E-state index in [1.54, 1.807) is 0 Å². The second-order valence-electron chi connectivity index (χ2n) is 6.66. The number of aryl methyl sites for hydroxylation is 2. The molecule has 0 atom stereocenters. The highest BCUT2D eigenvalue weighted by Crippen LogP contribution is 2.36. The number of amides is 1. The summed E-state index contributed by atoms with van der Waals surface area (Å²) in [7, 11) is 0. The van der Waals surface area contributed by atoms with E-state index in [2.05, 4.69) is 17.4 Å². The number of benzene rings is 2. The van der Waals surface area contributed by atoms with Gasteiger partial charge in [-0.3, -0.25) is 4.79 Å². The SMILES string of the molecule is Nc1c(C(=O)Nc2ccc3ccccc3c2)sc2nc3c(cc12)CCC3. The lowest BCUT2D eigenvalue weighted by molar-refractivity contribution is 0.103. The van der Waals surface area contributed by atoms with Crippen LogP contribution in [-0.4, -0.2) is 10.9 Å². The van der Waals surface area contributed by atoms with Crippen LogP contribution in [0.1, 0.15) is 27.3 Å². The summed E-state index contributed by atoms with van der Waals surface area (Å²) in [5.74, 6) is -0.180. The number of pyridine rings is 1. The van der Waals surface area contributed by atoms with Gasteiger partial charge in [-0.1, -0.05) is 30.3 Å². The van der Waals surface area contributed by atoms with Gasteiger partial charge in [-0.05, 0) is 53.8 Å². The van der Waals surface area contributed by atoms with Crippen LogP contribution in [0.5, 0.6) is 0 Å². The lowest BCUT2D eigenvalue weighted by atomic mass is 10.1. The zero-order valence-electron chi connectivity index (χ0n) is 14.1. The molecule has 0 saturated heterocycles. The van der Waals surface area contributed by atoms with Gasteiger partial charge in [0.15, 0.2) is 0 Å². The Morgan fingerprint density at radius 3 is 2.81 bits per heavy atom. The molecule has 0 bridgehead atoms. The number of nitrogens with two attached hydrogens (primary N) is 1. The van der Waals surface area contributed by atoms with E-state index in [-0.39, 0.29) is 5.91 Å². The molecule has 0 fully saturated rings. The van der Waals surface area contributed by atoms with E-state index < -0.39 is 0 Å². The Morgan fingerprint density at radius 2 is 1.92 bits per heavy atom. The average Bonchev–Trinajstić information content (AvgIpc) is 3.24. The van der Waals surface area contributed by atoms with Gasteiger partial charge < -0.3 is 11.1 Å². The van der Waals surface area contributed by atoms with Crippen molar-refractivity contribution in [3.8, 4) is 0 Å². The fourth-order valence-electron chi connectivity index (χ4n) is 3.62. The van der Waals surface area contributed by atoms with Crippen molar-refractivity contribution in [2.75, 3.05) is 11.1 Å². The van der Waals surface area contributed by atoms with Crippen LogP contribution in [0.4, 0.5) is 11.4 Å². The van der Waals surface area contributed by atoms with E-state index in [0.29, 0.717) is 10.6 Å². The predicted molar refractivity (Wildman–Crippen MR) is 108 cm³/mol. The van der Waals surface area contributed by atoms with Gasteiger partial charge in [0.1, 0.15) is 9.71 Å². The van der Waals surface area contributed by atoms with Gasteiger partial charge in [-0.25, -0.2) is 4.98 Å². The summed E-state index contributed by atoms with van der Waals surface area (Å²) in [5, 5.41) is 6.11. The zero-order valence-corrected chi connectivity index (χ0v) is 14.9. The summed E-state index contributed by atoms with van der Waals surface area (Å²) >= 11 is 1.37. The molecule has 2 heterocycles. The monoisotopic (exact) mass is 359 g/mol. The van der Waals surface area contributed by atoms with Crippen molar-refractivity contribution in [2.45, 2.75) is 19.3 Å². The first kappa shape index (κ1) is 15.3.